The fourth-order valence-electron chi connectivity index (χ4n) is 3.42. The number of nitrogens with one attached hydrogen (secondary N) is 1. The van der Waals surface area contributed by atoms with Crippen LogP contribution in [-0.2, 0) is 26.2 Å². The maximum atomic E-state index is 13.0. The fourth-order valence-corrected chi connectivity index (χ4v) is 6.32. The average molecular weight is 539 g/mol. The number of aryl methyl sites for hydroxylation is 1. The number of carbonyl (C=O) groups excluding carboxylic acids is 2. The van der Waals surface area contributed by atoms with Crippen LogP contribution >= 0.6 is 34.9 Å². The zero-order chi connectivity index (χ0) is 25.3. The molecule has 0 radical (unpaired) electrons. The van der Waals surface area contributed by atoms with E-state index in [1.165, 1.54) is 39.7 Å². The van der Waals surface area contributed by atoms with Crippen molar-refractivity contribution < 1.29 is 29.4 Å². The maximum absolute atomic E-state index is 13.0. The number of hydrogen-bond donors (Lipinski definition) is 4. The van der Waals surface area contributed by atoms with E-state index in [-0.39, 0.29) is 27.8 Å². The van der Waals surface area contributed by atoms with Crippen LogP contribution in [0, 0.1) is 0 Å². The van der Waals surface area contributed by atoms with Crippen LogP contribution in [0.2, 0.25) is 0 Å². The number of nitrogens with two attached hydrogens (primary N) is 1. The summed E-state index contributed by atoms with van der Waals surface area (Å²) < 4.78 is 1.45. The molecule has 35 heavy (non-hydrogen) atoms. The van der Waals surface area contributed by atoms with Crippen molar-refractivity contribution in [1.29, 1.82) is 0 Å². The lowest BCUT2D eigenvalue weighted by molar-refractivity contribution is -0.150. The molecule has 2 aliphatic rings. The number of aromatic nitrogens is 5. The van der Waals surface area contributed by atoms with Gasteiger partial charge in [-0.25, -0.2) is 14.5 Å². The Morgan fingerprint density at radius 2 is 2.14 bits per heavy atom. The Bertz CT molecular complexity index is 1270. The molecular formula is C18H18N8O6S3. The Labute approximate surface area is 209 Å². The van der Waals surface area contributed by atoms with E-state index in [9.17, 15) is 24.3 Å². The number of anilines is 1. The molecule has 2 aliphatic heterocycles. The van der Waals surface area contributed by atoms with E-state index in [1.807, 2.05) is 0 Å². The third-order valence-electron chi connectivity index (χ3n) is 5.02. The average Bonchev–Trinajstić information content (AvgIpc) is 3.42. The molecule has 2 aromatic rings. The highest BCUT2D eigenvalue weighted by Crippen LogP contribution is 2.41. The molecule has 4 heterocycles. The molecule has 0 aromatic carbocycles. The van der Waals surface area contributed by atoms with Crippen LogP contribution in [0.15, 0.2) is 27.9 Å². The van der Waals surface area contributed by atoms with E-state index in [2.05, 4.69) is 25.8 Å². The molecule has 5 N–H and O–H groups in total. The van der Waals surface area contributed by atoms with Crippen LogP contribution in [0.25, 0.3) is 5.57 Å². The number of fused-ring (bicyclic) bond motifs is 1. The molecule has 0 bridgehead atoms. The minimum absolute atomic E-state index is 0.0317. The van der Waals surface area contributed by atoms with Gasteiger partial charge in [0.05, 0.1) is 17.7 Å². The summed E-state index contributed by atoms with van der Waals surface area (Å²) >= 11 is 3.65. The topological polar surface area (TPSA) is 207 Å². The minimum Gasteiger partial charge on any atom is -0.481 e. The zero-order valence-electron chi connectivity index (χ0n) is 17.9. The number of thioether (sulfide) groups is 2. The van der Waals surface area contributed by atoms with Crippen molar-refractivity contribution in [2.75, 3.05) is 17.2 Å². The SMILES string of the molecule is Cn1nnnc1SCC1=C(C(=O)O)N2C(=O)[C@@H](NC(=O)/C(=C/CC(=O)O)c3csc(N)n3)[C@H]2SC1. The van der Waals surface area contributed by atoms with Crippen molar-refractivity contribution in [2.45, 2.75) is 23.0 Å². The summed E-state index contributed by atoms with van der Waals surface area (Å²) in [5, 5.41) is 34.1. The van der Waals surface area contributed by atoms with Crippen molar-refractivity contribution >= 4 is 69.3 Å². The second-order valence-electron chi connectivity index (χ2n) is 7.28. The Morgan fingerprint density at radius 1 is 1.37 bits per heavy atom. The molecular weight excluding hydrogens is 520 g/mol. The summed E-state index contributed by atoms with van der Waals surface area (Å²) in [5.74, 6) is -3.08. The van der Waals surface area contributed by atoms with Crippen LogP contribution in [-0.4, -0.2) is 87.0 Å². The number of thiazole rings is 1. The van der Waals surface area contributed by atoms with Gasteiger partial charge in [-0.2, -0.15) is 0 Å². The van der Waals surface area contributed by atoms with Gasteiger partial charge in [-0.3, -0.25) is 19.3 Å². The van der Waals surface area contributed by atoms with Gasteiger partial charge in [-0.05, 0) is 16.0 Å². The molecule has 17 heteroatoms. The number of amides is 2. The van der Waals surface area contributed by atoms with Gasteiger partial charge in [0.15, 0.2) is 5.13 Å². The van der Waals surface area contributed by atoms with Crippen molar-refractivity contribution in [2.24, 2.45) is 7.05 Å². The molecule has 14 nitrogen and oxygen atoms in total. The molecule has 0 saturated carbocycles. The number of rotatable bonds is 9. The molecule has 4 rings (SSSR count). The first kappa shape index (κ1) is 24.7. The van der Waals surface area contributed by atoms with E-state index < -0.39 is 41.6 Å². The number of tetrazole rings is 1. The smallest absolute Gasteiger partial charge is 0.352 e. The number of aliphatic carboxylic acids is 2. The number of β-lactam (4-membered cyclic amide) rings is 1. The summed E-state index contributed by atoms with van der Waals surface area (Å²) in [6.07, 6.45) is 0.761. The first-order valence-electron chi connectivity index (χ1n) is 9.86. The molecule has 2 atom stereocenters. The second-order valence-corrected chi connectivity index (χ2v) is 10.2. The van der Waals surface area contributed by atoms with Gasteiger partial charge >= 0.3 is 11.9 Å². The zero-order valence-corrected chi connectivity index (χ0v) is 20.4. The van der Waals surface area contributed by atoms with Gasteiger partial charge in [0.25, 0.3) is 11.8 Å². The first-order chi connectivity index (χ1) is 16.7. The lowest BCUT2D eigenvalue weighted by Crippen LogP contribution is -2.70. The van der Waals surface area contributed by atoms with Crippen LogP contribution in [0.3, 0.4) is 0 Å². The highest BCUT2D eigenvalue weighted by molar-refractivity contribution is 8.01. The highest BCUT2D eigenvalue weighted by Gasteiger charge is 2.54. The number of nitrogens with zero attached hydrogens (tertiary/aromatic N) is 6. The van der Waals surface area contributed by atoms with E-state index in [0.29, 0.717) is 16.5 Å². The van der Waals surface area contributed by atoms with Crippen molar-refractivity contribution in [1.82, 2.24) is 35.4 Å². The van der Waals surface area contributed by atoms with Crippen LogP contribution in [0.1, 0.15) is 12.1 Å². The Morgan fingerprint density at radius 3 is 2.74 bits per heavy atom. The van der Waals surface area contributed by atoms with Gasteiger partial charge in [-0.1, -0.05) is 17.8 Å². The molecule has 0 unspecified atom stereocenters. The molecule has 2 aromatic heterocycles. The van der Waals surface area contributed by atoms with E-state index in [4.69, 9.17) is 10.8 Å². The monoisotopic (exact) mass is 538 g/mol. The number of hydrogen-bond acceptors (Lipinski definition) is 12. The van der Waals surface area contributed by atoms with Crippen molar-refractivity contribution in [3.8, 4) is 0 Å². The summed E-state index contributed by atoms with van der Waals surface area (Å²) in [4.78, 5) is 54.1. The minimum atomic E-state index is -1.25. The number of nitrogen functional groups attached to an aromatic ring is 1. The molecule has 184 valence electrons. The quantitative estimate of drug-likeness (QED) is 0.183. The maximum Gasteiger partial charge on any atom is 0.352 e. The Kier molecular flexibility index (Phi) is 7.08. The fraction of sp³-hybridized carbons (Fsp3) is 0.333. The first-order valence-corrected chi connectivity index (χ1v) is 12.8. The van der Waals surface area contributed by atoms with Crippen LogP contribution in [0.5, 0.6) is 0 Å². The van der Waals surface area contributed by atoms with Crippen LogP contribution in [0.4, 0.5) is 5.13 Å². The largest absolute Gasteiger partial charge is 0.481 e. The normalized spacial score (nSPS) is 19.9. The predicted octanol–water partition coefficient (Wildman–Crippen LogP) is -0.362. The molecule has 0 aliphatic carbocycles. The van der Waals surface area contributed by atoms with Gasteiger partial charge in [0.2, 0.25) is 5.16 Å². The molecule has 1 fully saturated rings. The van der Waals surface area contributed by atoms with Crippen LogP contribution < -0.4 is 11.1 Å². The molecule has 1 saturated heterocycles. The van der Waals surface area contributed by atoms with E-state index in [1.54, 1.807) is 7.05 Å². The third kappa shape index (κ3) is 5.01. The lowest BCUT2D eigenvalue weighted by Gasteiger charge is -2.49. The summed E-state index contributed by atoms with van der Waals surface area (Å²) in [6, 6.07) is -0.983. The number of carboxylic acid groups (broad SMARTS) is 2. The predicted molar refractivity (Wildman–Crippen MR) is 126 cm³/mol. The Balaban J connectivity index is 1.50. The second kappa shape index (κ2) is 10.0. The molecule has 0 spiro atoms. The highest BCUT2D eigenvalue weighted by atomic mass is 32.2. The summed E-state index contributed by atoms with van der Waals surface area (Å²) in [7, 11) is 1.66. The van der Waals surface area contributed by atoms with E-state index in [0.717, 1.165) is 16.2 Å². The Hall–Kier alpha value is -3.44. The standard InChI is InChI=1S/C18H18N8O6S3/c1-25-18(22-23-24-25)35-5-7-4-33-15-11(14(30)26(15)12(7)16(31)32)21-13(29)8(2-3-10(27)28)9-6-34-17(19)20-9/h2,6,11,15H,3-5H2,1H3,(H2,19,20)(H,21,29)(H,27,28)(H,31,32)/b8-2+/t11-,15-/m1/s1. The third-order valence-corrected chi connectivity index (χ3v) is 8.13. The lowest BCUT2D eigenvalue weighted by atomic mass is 10.0. The summed E-state index contributed by atoms with van der Waals surface area (Å²) in [6.45, 7) is 0. The van der Waals surface area contributed by atoms with Gasteiger partial charge < -0.3 is 21.3 Å². The van der Waals surface area contributed by atoms with Gasteiger partial charge in [0, 0.05) is 23.9 Å². The van der Waals surface area contributed by atoms with Gasteiger partial charge in [-0.15, -0.1) is 28.2 Å². The van der Waals surface area contributed by atoms with Gasteiger partial charge in [0.1, 0.15) is 17.1 Å². The van der Waals surface area contributed by atoms with E-state index >= 15 is 0 Å². The number of carbonyl (C=O) groups is 4. The summed E-state index contributed by atoms with van der Waals surface area (Å²) in [5.41, 5.74) is 6.20. The number of carboxylic acids is 2. The van der Waals surface area contributed by atoms with Crippen molar-refractivity contribution in [3.63, 3.8) is 0 Å². The molecule has 2 amide bonds. The van der Waals surface area contributed by atoms with Crippen molar-refractivity contribution in [3.05, 3.63) is 28.4 Å².